The summed E-state index contributed by atoms with van der Waals surface area (Å²) in [5.74, 6) is -0.935. The molecule has 0 N–H and O–H groups in total. The maximum Gasteiger partial charge on any atom is 0.235 e. The first-order chi connectivity index (χ1) is 9.06. The molecule has 2 rings (SSSR count). The average Bonchev–Trinajstić information content (AvgIpc) is 2.38. The third-order valence-electron chi connectivity index (χ3n) is 2.55. The predicted octanol–water partition coefficient (Wildman–Crippen LogP) is 3.88. The first kappa shape index (κ1) is 12.9. The van der Waals surface area contributed by atoms with E-state index in [9.17, 15) is 18.9 Å². The number of hydrogen-bond donors (Lipinski definition) is 0. The fraction of sp³-hybridized carbons (Fsp3) is 0. The van der Waals surface area contributed by atoms with Gasteiger partial charge in [-0.3, -0.25) is 10.1 Å². The highest BCUT2D eigenvalue weighted by Crippen LogP contribution is 2.22. The van der Waals surface area contributed by atoms with Gasteiger partial charge in [0.2, 0.25) is 6.20 Å². The van der Waals surface area contributed by atoms with Crippen LogP contribution in [-0.4, -0.2) is 4.92 Å². The fourth-order valence-corrected chi connectivity index (χ4v) is 1.63. The van der Waals surface area contributed by atoms with Crippen molar-refractivity contribution in [1.29, 1.82) is 0 Å². The van der Waals surface area contributed by atoms with Crippen LogP contribution in [0.2, 0.25) is 0 Å². The summed E-state index contributed by atoms with van der Waals surface area (Å²) in [7, 11) is 0. The van der Waals surface area contributed by atoms with Crippen LogP contribution in [0.15, 0.2) is 48.7 Å². The quantitative estimate of drug-likeness (QED) is 0.621. The van der Waals surface area contributed by atoms with E-state index in [1.54, 1.807) is 6.07 Å². The minimum atomic E-state index is -0.659. The van der Waals surface area contributed by atoms with E-state index >= 15 is 0 Å². The van der Waals surface area contributed by atoms with Gasteiger partial charge in [0.1, 0.15) is 11.6 Å². The second-order valence-electron chi connectivity index (χ2n) is 3.84. The minimum absolute atomic E-state index is 0.127. The van der Waals surface area contributed by atoms with Gasteiger partial charge >= 0.3 is 0 Å². The molecule has 96 valence electrons. The molecule has 0 radical (unpaired) electrons. The Balaban J connectivity index is 2.33. The van der Waals surface area contributed by atoms with E-state index in [1.165, 1.54) is 36.4 Å². The molecule has 5 heteroatoms. The van der Waals surface area contributed by atoms with Gasteiger partial charge in [-0.25, -0.2) is 8.78 Å². The van der Waals surface area contributed by atoms with Crippen molar-refractivity contribution in [2.24, 2.45) is 0 Å². The van der Waals surface area contributed by atoms with Gasteiger partial charge in [0, 0.05) is 11.6 Å². The van der Waals surface area contributed by atoms with E-state index in [1.807, 2.05) is 0 Å². The Morgan fingerprint density at radius 3 is 2.21 bits per heavy atom. The Labute approximate surface area is 108 Å². The zero-order valence-corrected chi connectivity index (χ0v) is 9.72. The van der Waals surface area contributed by atoms with Crippen LogP contribution in [0.5, 0.6) is 0 Å². The topological polar surface area (TPSA) is 43.1 Å². The molecule has 2 aromatic rings. The molecule has 0 unspecified atom stereocenters. The van der Waals surface area contributed by atoms with E-state index in [0.717, 1.165) is 6.08 Å². The van der Waals surface area contributed by atoms with Crippen LogP contribution in [0.3, 0.4) is 0 Å². The minimum Gasteiger partial charge on any atom is -0.259 e. The number of nitrogens with zero attached hydrogens (tertiary/aromatic N) is 1. The van der Waals surface area contributed by atoms with E-state index in [0.29, 0.717) is 17.3 Å². The van der Waals surface area contributed by atoms with Crippen molar-refractivity contribution in [2.45, 2.75) is 0 Å². The Kier molecular flexibility index (Phi) is 3.66. The summed E-state index contributed by atoms with van der Waals surface area (Å²) in [6.07, 6.45) is 1.76. The molecule has 0 saturated carbocycles. The van der Waals surface area contributed by atoms with Gasteiger partial charge in [-0.1, -0.05) is 24.3 Å². The van der Waals surface area contributed by atoms with Gasteiger partial charge in [0.25, 0.3) is 0 Å². The lowest BCUT2D eigenvalue weighted by Gasteiger charge is -2.03. The molecule has 0 amide bonds. The van der Waals surface area contributed by atoms with E-state index in [-0.39, 0.29) is 11.4 Å². The summed E-state index contributed by atoms with van der Waals surface area (Å²) in [5, 5.41) is 10.2. The van der Waals surface area contributed by atoms with Gasteiger partial charge in [-0.2, -0.15) is 0 Å². The third-order valence-corrected chi connectivity index (χ3v) is 2.55. The molecule has 0 atom stereocenters. The molecular formula is C14H9F2NO2. The number of benzene rings is 2. The lowest BCUT2D eigenvalue weighted by Crippen LogP contribution is -1.87. The second kappa shape index (κ2) is 5.39. The van der Waals surface area contributed by atoms with Crippen molar-refractivity contribution in [2.75, 3.05) is 0 Å². The van der Waals surface area contributed by atoms with Crippen molar-refractivity contribution in [3.05, 3.63) is 76.0 Å². The van der Waals surface area contributed by atoms with Crippen molar-refractivity contribution in [3.8, 4) is 11.1 Å². The van der Waals surface area contributed by atoms with Crippen LogP contribution in [0.4, 0.5) is 8.78 Å². The number of rotatable bonds is 3. The summed E-state index contributed by atoms with van der Waals surface area (Å²) in [5.41, 5.74) is 1.38. The second-order valence-corrected chi connectivity index (χ2v) is 3.84. The average molecular weight is 261 g/mol. The SMILES string of the molecule is O=[N+]([O-])/C=C/c1ccc(-c2ccc(F)cc2)cc1F. The van der Waals surface area contributed by atoms with Crippen LogP contribution in [0.1, 0.15) is 5.56 Å². The molecule has 0 aromatic heterocycles. The van der Waals surface area contributed by atoms with Gasteiger partial charge in [-0.15, -0.1) is 0 Å². The van der Waals surface area contributed by atoms with Crippen LogP contribution >= 0.6 is 0 Å². The van der Waals surface area contributed by atoms with Crippen LogP contribution in [0, 0.1) is 21.7 Å². The Hall–Kier alpha value is -2.56. The highest BCUT2D eigenvalue weighted by atomic mass is 19.1. The van der Waals surface area contributed by atoms with Gasteiger partial charge in [-0.05, 0) is 29.3 Å². The lowest BCUT2D eigenvalue weighted by molar-refractivity contribution is -0.400. The van der Waals surface area contributed by atoms with Crippen LogP contribution in [0.25, 0.3) is 17.2 Å². The predicted molar refractivity (Wildman–Crippen MR) is 67.8 cm³/mol. The number of halogens is 2. The van der Waals surface area contributed by atoms with Gasteiger partial charge in [0.15, 0.2) is 0 Å². The Bertz CT molecular complexity index is 636. The molecule has 0 saturated heterocycles. The smallest absolute Gasteiger partial charge is 0.235 e. The molecule has 2 aromatic carbocycles. The molecule has 0 aliphatic rings. The normalized spacial score (nSPS) is 10.8. The van der Waals surface area contributed by atoms with Crippen molar-refractivity contribution < 1.29 is 13.7 Å². The number of nitro groups is 1. The third kappa shape index (κ3) is 3.22. The van der Waals surface area contributed by atoms with E-state index in [4.69, 9.17) is 0 Å². The molecule has 0 spiro atoms. The van der Waals surface area contributed by atoms with E-state index < -0.39 is 10.7 Å². The summed E-state index contributed by atoms with van der Waals surface area (Å²) in [6.45, 7) is 0. The maximum atomic E-state index is 13.7. The lowest BCUT2D eigenvalue weighted by atomic mass is 10.0. The molecule has 0 aliphatic heterocycles. The Morgan fingerprint density at radius 2 is 1.63 bits per heavy atom. The fourth-order valence-electron chi connectivity index (χ4n) is 1.63. The Morgan fingerprint density at radius 1 is 1.00 bits per heavy atom. The van der Waals surface area contributed by atoms with Gasteiger partial charge in [0.05, 0.1) is 4.92 Å². The highest BCUT2D eigenvalue weighted by molar-refractivity contribution is 5.65. The zero-order valence-electron chi connectivity index (χ0n) is 9.72. The molecule has 3 nitrogen and oxygen atoms in total. The van der Waals surface area contributed by atoms with Crippen molar-refractivity contribution in [1.82, 2.24) is 0 Å². The highest BCUT2D eigenvalue weighted by Gasteiger charge is 2.04. The standard InChI is InChI=1S/C14H9F2NO2/c15-13-5-3-10(4-6-13)12-2-1-11(14(16)9-12)7-8-17(18)19/h1-9H/b8-7+. The maximum absolute atomic E-state index is 13.7. The van der Waals surface area contributed by atoms with Crippen molar-refractivity contribution in [3.63, 3.8) is 0 Å². The van der Waals surface area contributed by atoms with Crippen molar-refractivity contribution >= 4 is 6.08 Å². The largest absolute Gasteiger partial charge is 0.259 e. The monoisotopic (exact) mass is 261 g/mol. The van der Waals surface area contributed by atoms with Gasteiger partial charge < -0.3 is 0 Å². The van der Waals surface area contributed by atoms with Crippen LogP contribution < -0.4 is 0 Å². The summed E-state index contributed by atoms with van der Waals surface area (Å²) < 4.78 is 26.5. The molecule has 19 heavy (non-hydrogen) atoms. The van der Waals surface area contributed by atoms with E-state index in [2.05, 4.69) is 0 Å². The number of hydrogen-bond acceptors (Lipinski definition) is 2. The first-order valence-electron chi connectivity index (χ1n) is 5.43. The molecule has 0 heterocycles. The summed E-state index contributed by atoms with van der Waals surface area (Å²) in [6, 6.07) is 9.96. The summed E-state index contributed by atoms with van der Waals surface area (Å²) >= 11 is 0. The molecule has 0 fully saturated rings. The van der Waals surface area contributed by atoms with Crippen LogP contribution in [-0.2, 0) is 0 Å². The molecule has 0 bridgehead atoms. The zero-order chi connectivity index (χ0) is 13.8. The first-order valence-corrected chi connectivity index (χ1v) is 5.43. The summed E-state index contributed by atoms with van der Waals surface area (Å²) in [4.78, 5) is 9.51. The molecular weight excluding hydrogens is 252 g/mol. The molecule has 0 aliphatic carbocycles.